The van der Waals surface area contributed by atoms with Crippen LogP contribution in [0.15, 0.2) is 81.8 Å². The van der Waals surface area contributed by atoms with Gasteiger partial charge in [0.2, 0.25) is 27.7 Å². The van der Waals surface area contributed by atoms with Crippen molar-refractivity contribution in [3.8, 4) is 17.3 Å². The number of furan rings is 1. The van der Waals surface area contributed by atoms with E-state index in [0.717, 1.165) is 18.2 Å². The summed E-state index contributed by atoms with van der Waals surface area (Å²) in [7, 11) is -3.92. The van der Waals surface area contributed by atoms with Gasteiger partial charge in [-0.3, -0.25) is 23.9 Å². The number of rotatable bonds is 8. The number of nitrogens with zero attached hydrogens (tertiary/aromatic N) is 4. The van der Waals surface area contributed by atoms with Crippen molar-refractivity contribution in [2.45, 2.75) is 93.7 Å². The highest BCUT2D eigenvalue weighted by atomic mass is 32.2. The maximum Gasteiger partial charge on any atom is 0.274 e. The van der Waals surface area contributed by atoms with Crippen molar-refractivity contribution in [2.24, 2.45) is 5.92 Å². The van der Waals surface area contributed by atoms with E-state index in [2.05, 4.69) is 20.5 Å². The van der Waals surface area contributed by atoms with Crippen LogP contribution in [0.1, 0.15) is 74.0 Å². The van der Waals surface area contributed by atoms with E-state index >= 15 is 0 Å². The second-order valence-corrected chi connectivity index (χ2v) is 17.8. The van der Waals surface area contributed by atoms with Crippen molar-refractivity contribution in [2.75, 3.05) is 6.54 Å². The molecule has 3 N–H and O–H groups in total. The number of aromatic nitrogens is 3. The molecule has 0 spiro atoms. The maximum absolute atomic E-state index is 14.7. The number of hydrogen-bond donors (Lipinski definition) is 3. The van der Waals surface area contributed by atoms with Gasteiger partial charge in [0.1, 0.15) is 35.1 Å². The molecule has 5 heterocycles. The van der Waals surface area contributed by atoms with Crippen LogP contribution in [-0.4, -0.2) is 87.6 Å². The topological polar surface area (TPSA) is 216 Å². The molecule has 17 heteroatoms. The molecule has 2 aliphatic carbocycles. The number of ether oxygens (including phenoxy) is 1. The number of aryl methyl sites for hydroxylation is 1. The first-order chi connectivity index (χ1) is 28.5. The Hall–Kier alpha value is -6.10. The molecule has 0 radical (unpaired) electrons. The fraction of sp³-hybridized carbons (Fsp3) is 0.405. The van der Waals surface area contributed by atoms with Crippen LogP contribution in [0.5, 0.6) is 5.88 Å². The van der Waals surface area contributed by atoms with Gasteiger partial charge in [0.05, 0.1) is 22.8 Å². The van der Waals surface area contributed by atoms with E-state index in [1.807, 2.05) is 60.7 Å². The van der Waals surface area contributed by atoms with Crippen molar-refractivity contribution in [1.82, 2.24) is 35.4 Å². The third kappa shape index (κ3) is 7.78. The zero-order valence-corrected chi connectivity index (χ0v) is 33.1. The summed E-state index contributed by atoms with van der Waals surface area (Å²) in [6.45, 7) is 1.57. The molecule has 59 heavy (non-hydrogen) atoms. The highest BCUT2D eigenvalue weighted by Gasteiger charge is 2.62. The Morgan fingerprint density at radius 3 is 2.53 bits per heavy atom. The van der Waals surface area contributed by atoms with E-state index in [9.17, 15) is 27.6 Å². The highest BCUT2D eigenvalue weighted by Crippen LogP contribution is 2.46. The van der Waals surface area contributed by atoms with E-state index in [4.69, 9.17) is 23.6 Å². The van der Waals surface area contributed by atoms with Crippen LogP contribution in [0, 0.1) is 12.8 Å². The standard InChI is InChI=1S/C42H43N7O9S/c1-24-19-32(47-58-24)37(50)44-31-15-6-4-2-3-5-12-26-22-42(26,41(53)48-59(54,55)28-17-18-28)46-38(51)33-21-27(23-49(33)40(31)52)56-39-36(43-29-13-8-9-14-30(29)45-39)35-20-25-11-7-10-16-34(25)57-35/h5,7-14,16,19-20,26-28,31,33H,2-4,6,15,17-18,21-23H2,1H3,(H,44,50)(H,46,51)(H,48,53)/b12-5-/t26-,27-,31+,33+,42-/m1/s1. The number of carbonyl (C=O) groups excluding carboxylic acids is 4. The molecule has 0 bridgehead atoms. The second-order valence-electron chi connectivity index (χ2n) is 15.9. The minimum Gasteiger partial charge on any atom is -0.471 e. The first kappa shape index (κ1) is 38.4. The molecule has 2 aromatic carbocycles. The van der Waals surface area contributed by atoms with E-state index in [0.29, 0.717) is 59.5 Å². The van der Waals surface area contributed by atoms with Gasteiger partial charge in [-0.2, -0.15) is 0 Å². The van der Waals surface area contributed by atoms with Gasteiger partial charge in [-0.25, -0.2) is 18.4 Å². The number of fused-ring (bicyclic) bond motifs is 4. The minimum absolute atomic E-state index is 0.00938. The van der Waals surface area contributed by atoms with Crippen molar-refractivity contribution in [1.29, 1.82) is 0 Å². The minimum atomic E-state index is -3.92. The Kier molecular flexibility index (Phi) is 9.93. The Bertz CT molecular complexity index is 2580. The van der Waals surface area contributed by atoms with Gasteiger partial charge in [0, 0.05) is 23.8 Å². The number of hydrogen-bond acceptors (Lipinski definition) is 12. The predicted molar refractivity (Wildman–Crippen MR) is 213 cm³/mol. The number of sulfonamides is 1. The average molecular weight is 822 g/mol. The highest BCUT2D eigenvalue weighted by molar-refractivity contribution is 7.91. The van der Waals surface area contributed by atoms with E-state index in [-0.39, 0.29) is 37.4 Å². The van der Waals surface area contributed by atoms with Gasteiger partial charge in [-0.15, -0.1) is 0 Å². The van der Waals surface area contributed by atoms with E-state index in [1.54, 1.807) is 13.0 Å². The van der Waals surface area contributed by atoms with E-state index in [1.165, 1.54) is 11.0 Å². The summed E-state index contributed by atoms with van der Waals surface area (Å²) >= 11 is 0. The molecule has 16 nitrogen and oxygen atoms in total. The fourth-order valence-corrected chi connectivity index (χ4v) is 9.40. The van der Waals surface area contributed by atoms with E-state index < -0.39 is 68.5 Å². The Morgan fingerprint density at radius 2 is 1.76 bits per heavy atom. The summed E-state index contributed by atoms with van der Waals surface area (Å²) in [6, 6.07) is 15.9. The molecule has 4 amide bonds. The normalized spacial score (nSPS) is 25.6. The SMILES string of the molecule is Cc1cc(C(=O)N[C@H]2CCCCC/C=C\[C@@H]3C[C@@]3(C(=O)NS(=O)(=O)C3CC3)NC(=O)[C@@H]3C[C@@H](Oc4nc5ccccc5nc4-c4cc5ccccc5o4)CN3C2=O)no1. The van der Waals surface area contributed by atoms with Crippen LogP contribution in [0.3, 0.4) is 0 Å². The molecule has 4 aliphatic rings. The van der Waals surface area contributed by atoms with Crippen LogP contribution < -0.4 is 20.1 Å². The summed E-state index contributed by atoms with van der Waals surface area (Å²) in [5.41, 5.74) is 0.591. The van der Waals surface area contributed by atoms with Crippen molar-refractivity contribution in [3.05, 3.63) is 84.3 Å². The van der Waals surface area contributed by atoms with Crippen LogP contribution in [0.2, 0.25) is 0 Å². The predicted octanol–water partition coefficient (Wildman–Crippen LogP) is 4.49. The average Bonchev–Trinajstić information content (AvgIpc) is 4.04. The monoisotopic (exact) mass is 821 g/mol. The largest absolute Gasteiger partial charge is 0.471 e. The van der Waals surface area contributed by atoms with Gasteiger partial charge < -0.3 is 29.2 Å². The maximum atomic E-state index is 14.7. The summed E-state index contributed by atoms with van der Waals surface area (Å²) in [4.78, 5) is 67.6. The number of amides is 4. The Labute approximate surface area is 339 Å². The molecule has 1 saturated heterocycles. The number of allylic oxidation sites excluding steroid dienone is 1. The molecule has 0 unspecified atom stereocenters. The lowest BCUT2D eigenvalue weighted by Crippen LogP contribution is -2.58. The Balaban J connectivity index is 1.06. The smallest absolute Gasteiger partial charge is 0.274 e. The number of para-hydroxylation sites is 3. The van der Waals surface area contributed by atoms with Gasteiger partial charge in [-0.05, 0) is 69.7 Å². The van der Waals surface area contributed by atoms with Gasteiger partial charge in [-0.1, -0.05) is 60.5 Å². The summed E-state index contributed by atoms with van der Waals surface area (Å²) in [6.07, 6.45) is 7.12. The first-order valence-corrected chi connectivity index (χ1v) is 21.5. The van der Waals surface area contributed by atoms with Gasteiger partial charge in [0.15, 0.2) is 17.1 Å². The quantitative estimate of drug-likeness (QED) is 0.185. The summed E-state index contributed by atoms with van der Waals surface area (Å²) < 4.78 is 46.0. The molecule has 5 aromatic rings. The molecule has 3 aromatic heterocycles. The molecule has 9 rings (SSSR count). The summed E-state index contributed by atoms with van der Waals surface area (Å²) in [5, 5.41) is 9.74. The number of nitrogens with one attached hydrogen (secondary N) is 3. The van der Waals surface area contributed by atoms with Crippen LogP contribution >= 0.6 is 0 Å². The van der Waals surface area contributed by atoms with Crippen LogP contribution in [0.25, 0.3) is 33.5 Å². The third-order valence-electron chi connectivity index (χ3n) is 11.5. The second kappa shape index (κ2) is 15.3. The van der Waals surface area contributed by atoms with Crippen molar-refractivity contribution >= 4 is 55.7 Å². The molecule has 3 fully saturated rings. The lowest BCUT2D eigenvalue weighted by Gasteiger charge is -2.29. The molecule has 306 valence electrons. The first-order valence-electron chi connectivity index (χ1n) is 20.0. The zero-order chi connectivity index (χ0) is 40.9. The molecule has 5 atom stereocenters. The molecular formula is C42H43N7O9S. The zero-order valence-electron chi connectivity index (χ0n) is 32.3. The van der Waals surface area contributed by atoms with Gasteiger partial charge in [0.25, 0.3) is 11.8 Å². The fourth-order valence-electron chi connectivity index (χ4n) is 8.04. The van der Waals surface area contributed by atoms with Crippen molar-refractivity contribution < 1.29 is 41.3 Å². The van der Waals surface area contributed by atoms with Gasteiger partial charge >= 0.3 is 0 Å². The molecular weight excluding hydrogens is 779 g/mol. The molecule has 2 saturated carbocycles. The van der Waals surface area contributed by atoms with Crippen molar-refractivity contribution in [3.63, 3.8) is 0 Å². The summed E-state index contributed by atoms with van der Waals surface area (Å²) in [5.74, 6) is -2.10. The van der Waals surface area contributed by atoms with Crippen LogP contribution in [0.4, 0.5) is 0 Å². The third-order valence-corrected chi connectivity index (χ3v) is 13.3. The molecule has 2 aliphatic heterocycles. The lowest BCUT2D eigenvalue weighted by molar-refractivity contribution is -0.141. The number of carbonyl (C=O) groups is 4. The Morgan fingerprint density at radius 1 is 0.983 bits per heavy atom. The lowest BCUT2D eigenvalue weighted by atomic mass is 10.0. The number of benzene rings is 2. The van der Waals surface area contributed by atoms with Crippen LogP contribution in [-0.2, 0) is 24.4 Å².